The zero-order valence-corrected chi connectivity index (χ0v) is 15.6. The first-order valence-corrected chi connectivity index (χ1v) is 8.73. The van der Waals surface area contributed by atoms with Gasteiger partial charge in [-0.2, -0.15) is 0 Å². The van der Waals surface area contributed by atoms with Crippen molar-refractivity contribution < 1.29 is 9.53 Å². The number of benzene rings is 2. The molecule has 2 N–H and O–H groups in total. The van der Waals surface area contributed by atoms with Crippen molar-refractivity contribution in [1.82, 2.24) is 9.97 Å². The molecule has 138 valence electrons. The van der Waals surface area contributed by atoms with Gasteiger partial charge in [0.1, 0.15) is 23.6 Å². The predicted molar refractivity (Wildman–Crippen MR) is 107 cm³/mol. The highest BCUT2D eigenvalue weighted by Gasteiger charge is 2.12. The first-order valence-electron chi connectivity index (χ1n) is 8.73. The standard InChI is InChI=1S/C21H22N4O2/c1-4-15-6-8-16(9-7-15)24-20-12-18(22-13-23-20)21(26)25-17-11-14(2)5-10-19(17)27-3/h5-13H,4H2,1-3H3,(H,25,26)(H,22,23,24). The van der Waals surface area contributed by atoms with Gasteiger partial charge in [0.05, 0.1) is 12.8 Å². The molecule has 6 nitrogen and oxygen atoms in total. The number of methoxy groups -OCH3 is 1. The number of hydrogen-bond acceptors (Lipinski definition) is 5. The second-order valence-corrected chi connectivity index (χ2v) is 6.12. The topological polar surface area (TPSA) is 76.1 Å². The fourth-order valence-electron chi connectivity index (χ4n) is 2.63. The summed E-state index contributed by atoms with van der Waals surface area (Å²) in [7, 11) is 1.57. The Morgan fingerprint density at radius 3 is 2.56 bits per heavy atom. The Kier molecular flexibility index (Phi) is 5.66. The lowest BCUT2D eigenvalue weighted by molar-refractivity contribution is 0.102. The molecular weight excluding hydrogens is 340 g/mol. The third kappa shape index (κ3) is 4.61. The molecule has 1 aromatic heterocycles. The summed E-state index contributed by atoms with van der Waals surface area (Å²) in [5.41, 5.74) is 4.05. The van der Waals surface area contributed by atoms with E-state index in [1.807, 2.05) is 37.3 Å². The van der Waals surface area contributed by atoms with Gasteiger partial charge in [-0.15, -0.1) is 0 Å². The molecule has 0 spiro atoms. The summed E-state index contributed by atoms with van der Waals surface area (Å²) in [6, 6.07) is 15.3. The van der Waals surface area contributed by atoms with E-state index >= 15 is 0 Å². The van der Waals surface area contributed by atoms with Crippen molar-refractivity contribution in [2.75, 3.05) is 17.7 Å². The van der Waals surface area contributed by atoms with E-state index in [9.17, 15) is 4.79 Å². The zero-order chi connectivity index (χ0) is 19.2. The molecular formula is C21H22N4O2. The van der Waals surface area contributed by atoms with Crippen molar-refractivity contribution in [3.8, 4) is 5.75 Å². The molecule has 6 heteroatoms. The van der Waals surface area contributed by atoms with Gasteiger partial charge in [-0.05, 0) is 48.7 Å². The third-order valence-corrected chi connectivity index (χ3v) is 4.14. The van der Waals surface area contributed by atoms with Crippen molar-refractivity contribution in [2.45, 2.75) is 20.3 Å². The summed E-state index contributed by atoms with van der Waals surface area (Å²) >= 11 is 0. The third-order valence-electron chi connectivity index (χ3n) is 4.14. The van der Waals surface area contributed by atoms with Gasteiger partial charge in [-0.3, -0.25) is 4.79 Å². The summed E-state index contributed by atoms with van der Waals surface area (Å²) in [5, 5.41) is 6.03. The predicted octanol–water partition coefficient (Wildman–Crippen LogP) is 4.35. The Morgan fingerprint density at radius 2 is 1.85 bits per heavy atom. The van der Waals surface area contributed by atoms with Crippen LogP contribution >= 0.6 is 0 Å². The monoisotopic (exact) mass is 362 g/mol. The summed E-state index contributed by atoms with van der Waals surface area (Å²) in [5.74, 6) is 0.818. The summed E-state index contributed by atoms with van der Waals surface area (Å²) in [6.07, 6.45) is 2.35. The number of carbonyl (C=O) groups is 1. The van der Waals surface area contributed by atoms with Crippen LogP contribution in [0, 0.1) is 6.92 Å². The van der Waals surface area contributed by atoms with E-state index in [0.717, 1.165) is 17.7 Å². The average Bonchev–Trinajstić information content (AvgIpc) is 2.69. The smallest absolute Gasteiger partial charge is 0.274 e. The molecule has 27 heavy (non-hydrogen) atoms. The molecule has 0 atom stereocenters. The Labute approximate surface area is 158 Å². The van der Waals surface area contributed by atoms with Gasteiger partial charge < -0.3 is 15.4 Å². The minimum Gasteiger partial charge on any atom is -0.495 e. The number of carbonyl (C=O) groups excluding carboxylic acids is 1. The zero-order valence-electron chi connectivity index (χ0n) is 15.6. The van der Waals surface area contributed by atoms with Gasteiger partial charge >= 0.3 is 0 Å². The van der Waals surface area contributed by atoms with Crippen molar-refractivity contribution in [3.05, 3.63) is 71.7 Å². The SMILES string of the molecule is CCc1ccc(Nc2cc(C(=O)Nc3cc(C)ccc3OC)ncn2)cc1. The van der Waals surface area contributed by atoms with Gasteiger partial charge in [-0.25, -0.2) is 9.97 Å². The van der Waals surface area contributed by atoms with Gasteiger partial charge in [0.15, 0.2) is 0 Å². The molecule has 1 heterocycles. The highest BCUT2D eigenvalue weighted by Crippen LogP contribution is 2.25. The van der Waals surface area contributed by atoms with E-state index in [1.165, 1.54) is 11.9 Å². The summed E-state index contributed by atoms with van der Waals surface area (Å²) in [6.45, 7) is 4.06. The summed E-state index contributed by atoms with van der Waals surface area (Å²) in [4.78, 5) is 20.9. The lowest BCUT2D eigenvalue weighted by Crippen LogP contribution is -2.15. The van der Waals surface area contributed by atoms with E-state index in [4.69, 9.17) is 4.74 Å². The molecule has 0 bridgehead atoms. The van der Waals surface area contributed by atoms with Crippen molar-refractivity contribution in [3.63, 3.8) is 0 Å². The number of anilines is 3. The van der Waals surface area contributed by atoms with E-state index in [2.05, 4.69) is 39.7 Å². The van der Waals surface area contributed by atoms with Crippen molar-refractivity contribution in [2.24, 2.45) is 0 Å². The Balaban J connectivity index is 1.76. The molecule has 0 aliphatic carbocycles. The van der Waals surface area contributed by atoms with Crippen LogP contribution in [0.15, 0.2) is 54.9 Å². The molecule has 0 saturated carbocycles. The molecule has 0 aliphatic rings. The maximum atomic E-state index is 12.6. The molecule has 0 unspecified atom stereocenters. The molecule has 3 aromatic rings. The number of aryl methyl sites for hydroxylation is 2. The quantitative estimate of drug-likeness (QED) is 0.682. The van der Waals surface area contributed by atoms with E-state index in [-0.39, 0.29) is 11.6 Å². The highest BCUT2D eigenvalue weighted by molar-refractivity contribution is 6.04. The van der Waals surface area contributed by atoms with Crippen LogP contribution in [0.2, 0.25) is 0 Å². The van der Waals surface area contributed by atoms with Gasteiger partial charge in [0.25, 0.3) is 5.91 Å². The number of ether oxygens (including phenoxy) is 1. The second-order valence-electron chi connectivity index (χ2n) is 6.12. The van der Waals surface area contributed by atoms with Crippen LogP contribution in [-0.2, 0) is 6.42 Å². The van der Waals surface area contributed by atoms with Gasteiger partial charge in [0.2, 0.25) is 0 Å². The molecule has 0 aliphatic heterocycles. The lowest BCUT2D eigenvalue weighted by atomic mass is 10.1. The van der Waals surface area contributed by atoms with E-state index in [0.29, 0.717) is 17.3 Å². The Hall–Kier alpha value is -3.41. The number of amides is 1. The minimum atomic E-state index is -0.328. The molecule has 0 fully saturated rings. The normalized spacial score (nSPS) is 10.3. The maximum absolute atomic E-state index is 12.6. The Morgan fingerprint density at radius 1 is 1.07 bits per heavy atom. The van der Waals surface area contributed by atoms with Gasteiger partial charge in [0, 0.05) is 11.8 Å². The minimum absolute atomic E-state index is 0.265. The number of nitrogens with one attached hydrogen (secondary N) is 2. The van der Waals surface area contributed by atoms with E-state index in [1.54, 1.807) is 13.2 Å². The highest BCUT2D eigenvalue weighted by atomic mass is 16.5. The van der Waals surface area contributed by atoms with Crippen LogP contribution < -0.4 is 15.4 Å². The maximum Gasteiger partial charge on any atom is 0.274 e. The van der Waals surface area contributed by atoms with Crippen LogP contribution in [0.5, 0.6) is 5.75 Å². The van der Waals surface area contributed by atoms with Crippen molar-refractivity contribution >= 4 is 23.1 Å². The first-order chi connectivity index (χ1) is 13.1. The Bertz CT molecular complexity index is 939. The summed E-state index contributed by atoms with van der Waals surface area (Å²) < 4.78 is 5.30. The van der Waals surface area contributed by atoms with E-state index < -0.39 is 0 Å². The average molecular weight is 362 g/mol. The number of hydrogen-bond donors (Lipinski definition) is 2. The fourth-order valence-corrected chi connectivity index (χ4v) is 2.63. The molecule has 0 radical (unpaired) electrons. The molecule has 2 aromatic carbocycles. The molecule has 3 rings (SSSR count). The first kappa shape index (κ1) is 18.4. The molecule has 1 amide bonds. The van der Waals surface area contributed by atoms with Crippen LogP contribution in [-0.4, -0.2) is 23.0 Å². The largest absolute Gasteiger partial charge is 0.495 e. The van der Waals surface area contributed by atoms with Crippen LogP contribution in [0.3, 0.4) is 0 Å². The van der Waals surface area contributed by atoms with Crippen LogP contribution in [0.4, 0.5) is 17.2 Å². The number of rotatable bonds is 6. The lowest BCUT2D eigenvalue weighted by Gasteiger charge is -2.11. The van der Waals surface area contributed by atoms with Crippen molar-refractivity contribution in [1.29, 1.82) is 0 Å². The van der Waals surface area contributed by atoms with Crippen LogP contribution in [0.25, 0.3) is 0 Å². The fraction of sp³-hybridized carbons (Fsp3) is 0.190. The number of nitrogens with zero attached hydrogens (tertiary/aromatic N) is 2. The van der Waals surface area contributed by atoms with Crippen LogP contribution in [0.1, 0.15) is 28.5 Å². The second kappa shape index (κ2) is 8.31. The number of aromatic nitrogens is 2. The van der Waals surface area contributed by atoms with Gasteiger partial charge in [-0.1, -0.05) is 25.1 Å². The molecule has 0 saturated heterocycles.